The van der Waals surface area contributed by atoms with E-state index < -0.39 is 5.97 Å². The van der Waals surface area contributed by atoms with E-state index in [1.54, 1.807) is 6.33 Å². The number of aromatic nitrogens is 3. The molecule has 0 aliphatic rings. The molecule has 0 unspecified atom stereocenters. The molecule has 1 aromatic carbocycles. The van der Waals surface area contributed by atoms with Crippen LogP contribution < -0.4 is 4.90 Å². The lowest BCUT2D eigenvalue weighted by Crippen LogP contribution is -2.27. The first-order valence-corrected chi connectivity index (χ1v) is 7.09. The zero-order valence-electron chi connectivity index (χ0n) is 12.1. The lowest BCUT2D eigenvalue weighted by Gasteiger charge is -2.23. The van der Waals surface area contributed by atoms with E-state index in [4.69, 9.17) is 5.11 Å². The molecule has 0 saturated heterocycles. The summed E-state index contributed by atoms with van der Waals surface area (Å²) in [5.41, 5.74) is 0.991. The molecule has 0 fully saturated rings. The Morgan fingerprint density at radius 2 is 2.10 bits per heavy atom. The quantitative estimate of drug-likeness (QED) is 0.806. The molecule has 112 valence electrons. The van der Waals surface area contributed by atoms with Gasteiger partial charge in [0, 0.05) is 18.8 Å². The molecule has 0 atom stereocenters. The zero-order valence-corrected chi connectivity index (χ0v) is 12.1. The summed E-state index contributed by atoms with van der Waals surface area (Å²) < 4.78 is 1.87. The summed E-state index contributed by atoms with van der Waals surface area (Å²) in [6.07, 6.45) is 2.62. The van der Waals surface area contributed by atoms with Crippen LogP contribution in [0.4, 0.5) is 5.69 Å². The zero-order chi connectivity index (χ0) is 15.1. The number of hydrogen-bond donors (Lipinski definition) is 1. The third-order valence-electron chi connectivity index (χ3n) is 3.18. The van der Waals surface area contributed by atoms with Crippen LogP contribution in [0.2, 0.25) is 0 Å². The molecule has 6 nitrogen and oxygen atoms in total. The van der Waals surface area contributed by atoms with Crippen molar-refractivity contribution in [2.24, 2.45) is 0 Å². The SMILES string of the molecule is CCCn1ncnc1CN(CCC(=O)O)c1ccccc1. The van der Waals surface area contributed by atoms with Crippen LogP contribution in [0.1, 0.15) is 25.6 Å². The number of benzene rings is 1. The van der Waals surface area contributed by atoms with E-state index in [0.29, 0.717) is 13.1 Å². The van der Waals surface area contributed by atoms with E-state index >= 15 is 0 Å². The van der Waals surface area contributed by atoms with Gasteiger partial charge < -0.3 is 10.0 Å². The molecule has 2 rings (SSSR count). The summed E-state index contributed by atoms with van der Waals surface area (Å²) in [4.78, 5) is 17.2. The van der Waals surface area contributed by atoms with Crippen LogP contribution in [0.25, 0.3) is 0 Å². The minimum Gasteiger partial charge on any atom is -0.481 e. The predicted molar refractivity (Wildman–Crippen MR) is 80.1 cm³/mol. The van der Waals surface area contributed by atoms with Crippen molar-refractivity contribution < 1.29 is 9.90 Å². The maximum Gasteiger partial charge on any atom is 0.305 e. The fraction of sp³-hybridized carbons (Fsp3) is 0.400. The second-order valence-corrected chi connectivity index (χ2v) is 4.80. The van der Waals surface area contributed by atoms with Crippen molar-refractivity contribution >= 4 is 11.7 Å². The highest BCUT2D eigenvalue weighted by Crippen LogP contribution is 2.16. The summed E-state index contributed by atoms with van der Waals surface area (Å²) in [5, 5.41) is 13.1. The number of aliphatic carboxylic acids is 1. The van der Waals surface area contributed by atoms with Gasteiger partial charge in [-0.25, -0.2) is 9.67 Å². The van der Waals surface area contributed by atoms with Crippen LogP contribution in [0, 0.1) is 0 Å². The Morgan fingerprint density at radius 3 is 2.76 bits per heavy atom. The first-order chi connectivity index (χ1) is 10.2. The van der Waals surface area contributed by atoms with Gasteiger partial charge in [0.25, 0.3) is 0 Å². The van der Waals surface area contributed by atoms with E-state index in [9.17, 15) is 4.79 Å². The number of carbonyl (C=O) groups is 1. The molecule has 0 radical (unpaired) electrons. The third kappa shape index (κ3) is 4.30. The average Bonchev–Trinajstić information content (AvgIpc) is 2.92. The highest BCUT2D eigenvalue weighted by molar-refractivity contribution is 5.67. The number of carboxylic acids is 1. The van der Waals surface area contributed by atoms with Crippen molar-refractivity contribution in [3.05, 3.63) is 42.5 Å². The molecule has 0 aliphatic heterocycles. The van der Waals surface area contributed by atoms with Crippen LogP contribution >= 0.6 is 0 Å². The molecule has 0 saturated carbocycles. The van der Waals surface area contributed by atoms with E-state index in [1.165, 1.54) is 0 Å². The Labute approximate surface area is 124 Å². The molecule has 1 aromatic heterocycles. The summed E-state index contributed by atoms with van der Waals surface area (Å²) >= 11 is 0. The Kier molecular flexibility index (Phi) is 5.31. The highest BCUT2D eigenvalue weighted by atomic mass is 16.4. The van der Waals surface area contributed by atoms with Crippen LogP contribution in [-0.4, -0.2) is 32.4 Å². The molecule has 6 heteroatoms. The maximum absolute atomic E-state index is 10.8. The van der Waals surface area contributed by atoms with Crippen LogP contribution in [-0.2, 0) is 17.9 Å². The number of rotatable bonds is 8. The van der Waals surface area contributed by atoms with Crippen molar-refractivity contribution in [3.63, 3.8) is 0 Å². The molecule has 0 spiro atoms. The number of hydrogen-bond acceptors (Lipinski definition) is 4. The summed E-state index contributed by atoms with van der Waals surface area (Å²) in [6.45, 7) is 3.90. The Hall–Kier alpha value is -2.37. The molecule has 1 N–H and O–H groups in total. The van der Waals surface area contributed by atoms with E-state index in [1.807, 2.05) is 39.9 Å². The van der Waals surface area contributed by atoms with Gasteiger partial charge in [-0.2, -0.15) is 5.10 Å². The van der Waals surface area contributed by atoms with Gasteiger partial charge in [0.2, 0.25) is 0 Å². The topological polar surface area (TPSA) is 71.2 Å². The lowest BCUT2D eigenvalue weighted by molar-refractivity contribution is -0.136. The molecular formula is C15H20N4O2. The minimum atomic E-state index is -0.800. The van der Waals surface area contributed by atoms with Crippen molar-refractivity contribution in [1.82, 2.24) is 14.8 Å². The number of nitrogens with zero attached hydrogens (tertiary/aromatic N) is 4. The summed E-state index contributed by atoms with van der Waals surface area (Å²) in [5.74, 6) is 0.0528. The fourth-order valence-corrected chi connectivity index (χ4v) is 2.15. The second-order valence-electron chi connectivity index (χ2n) is 4.80. The number of carboxylic acid groups (broad SMARTS) is 1. The molecule has 21 heavy (non-hydrogen) atoms. The molecular weight excluding hydrogens is 268 g/mol. The normalized spacial score (nSPS) is 10.5. The van der Waals surface area contributed by atoms with E-state index in [0.717, 1.165) is 24.5 Å². The van der Waals surface area contributed by atoms with Crippen molar-refractivity contribution in [2.45, 2.75) is 32.9 Å². The average molecular weight is 288 g/mol. The first kappa shape index (κ1) is 15.0. The first-order valence-electron chi connectivity index (χ1n) is 7.09. The van der Waals surface area contributed by atoms with Crippen molar-refractivity contribution in [3.8, 4) is 0 Å². The van der Waals surface area contributed by atoms with Gasteiger partial charge in [0.1, 0.15) is 12.2 Å². The summed E-state index contributed by atoms with van der Waals surface area (Å²) in [7, 11) is 0. The Balaban J connectivity index is 2.15. The largest absolute Gasteiger partial charge is 0.481 e. The predicted octanol–water partition coefficient (Wildman–Crippen LogP) is 2.17. The molecule has 0 bridgehead atoms. The molecule has 0 amide bonds. The Bertz CT molecular complexity index is 568. The molecule has 0 aliphatic carbocycles. The van der Waals surface area contributed by atoms with Crippen LogP contribution in [0.3, 0.4) is 0 Å². The van der Waals surface area contributed by atoms with Gasteiger partial charge in [-0.3, -0.25) is 4.79 Å². The Morgan fingerprint density at radius 1 is 1.33 bits per heavy atom. The van der Waals surface area contributed by atoms with Gasteiger partial charge >= 0.3 is 5.97 Å². The van der Waals surface area contributed by atoms with Crippen LogP contribution in [0.15, 0.2) is 36.7 Å². The number of para-hydroxylation sites is 1. The van der Waals surface area contributed by atoms with Gasteiger partial charge in [-0.15, -0.1) is 0 Å². The lowest BCUT2D eigenvalue weighted by atomic mass is 10.2. The monoisotopic (exact) mass is 288 g/mol. The standard InChI is InChI=1S/C15H20N4O2/c1-2-9-19-14(16-12-17-19)11-18(10-8-15(20)21)13-6-4-3-5-7-13/h3-7,12H,2,8-11H2,1H3,(H,20,21). The third-order valence-corrected chi connectivity index (χ3v) is 3.18. The molecule has 2 aromatic rings. The number of aryl methyl sites for hydroxylation is 1. The van der Waals surface area contributed by atoms with Crippen molar-refractivity contribution in [1.29, 1.82) is 0 Å². The van der Waals surface area contributed by atoms with E-state index in [2.05, 4.69) is 17.0 Å². The number of anilines is 1. The van der Waals surface area contributed by atoms with E-state index in [-0.39, 0.29) is 6.42 Å². The van der Waals surface area contributed by atoms with Gasteiger partial charge in [0.05, 0.1) is 13.0 Å². The van der Waals surface area contributed by atoms with Crippen LogP contribution in [0.5, 0.6) is 0 Å². The molecule has 1 heterocycles. The van der Waals surface area contributed by atoms with Gasteiger partial charge in [-0.05, 0) is 18.6 Å². The van der Waals surface area contributed by atoms with Crippen molar-refractivity contribution in [2.75, 3.05) is 11.4 Å². The minimum absolute atomic E-state index is 0.0941. The highest BCUT2D eigenvalue weighted by Gasteiger charge is 2.13. The fourth-order valence-electron chi connectivity index (χ4n) is 2.15. The second kappa shape index (κ2) is 7.42. The van der Waals surface area contributed by atoms with Gasteiger partial charge in [-0.1, -0.05) is 25.1 Å². The maximum atomic E-state index is 10.8. The van der Waals surface area contributed by atoms with Gasteiger partial charge in [0.15, 0.2) is 0 Å². The smallest absolute Gasteiger partial charge is 0.305 e. The summed E-state index contributed by atoms with van der Waals surface area (Å²) in [6, 6.07) is 9.78.